The number of nitrogens with one attached hydrogen (secondary N) is 1. The number of hydrazine groups is 1. The Morgan fingerprint density at radius 2 is 2.11 bits per heavy atom. The fraction of sp³-hybridized carbons (Fsp3) is 0.500. The van der Waals surface area contributed by atoms with Gasteiger partial charge in [-0.25, -0.2) is 9.37 Å². The van der Waals surface area contributed by atoms with Gasteiger partial charge in [-0.2, -0.15) is 0 Å². The molecular weight excluding hydrogens is 355 g/mol. The molecule has 1 aromatic heterocycles. The normalized spacial score (nSPS) is 17.4. The van der Waals surface area contributed by atoms with E-state index in [1.165, 1.54) is 20.0 Å². The number of methoxy groups -OCH3 is 1. The predicted octanol–water partition coefficient (Wildman–Crippen LogP) is 4.89. The number of hydrogen-bond donors (Lipinski definition) is 1. The largest absolute Gasteiger partial charge is 0.494 e. The highest BCUT2D eigenvalue weighted by molar-refractivity contribution is 5.86. The molecule has 0 saturated heterocycles. The van der Waals surface area contributed by atoms with Crippen LogP contribution in [0.15, 0.2) is 24.7 Å². The van der Waals surface area contributed by atoms with E-state index in [0.29, 0.717) is 6.04 Å². The third-order valence-corrected chi connectivity index (χ3v) is 5.84. The van der Waals surface area contributed by atoms with E-state index in [9.17, 15) is 4.39 Å². The van der Waals surface area contributed by atoms with Crippen LogP contribution in [0.4, 0.5) is 10.2 Å². The van der Waals surface area contributed by atoms with Crippen LogP contribution in [0.1, 0.15) is 56.4 Å². The van der Waals surface area contributed by atoms with Crippen molar-refractivity contribution in [2.75, 3.05) is 18.7 Å². The summed E-state index contributed by atoms with van der Waals surface area (Å²) >= 11 is 0. The molecule has 0 radical (unpaired) electrons. The first-order valence-electron chi connectivity index (χ1n) is 10.2. The highest BCUT2D eigenvalue weighted by Crippen LogP contribution is 2.44. The molecule has 1 saturated carbocycles. The molecule has 1 unspecified atom stereocenters. The average molecular weight is 384 g/mol. The van der Waals surface area contributed by atoms with E-state index in [0.717, 1.165) is 53.5 Å². The summed E-state index contributed by atoms with van der Waals surface area (Å²) in [4.78, 5) is 7.99. The summed E-state index contributed by atoms with van der Waals surface area (Å²) in [5.41, 5.74) is 3.76. The molecule has 1 atom stereocenters. The Bertz CT molecular complexity index is 887. The number of fused-ring (bicyclic) bond motifs is 1. The number of aromatic amines is 1. The Morgan fingerprint density at radius 1 is 1.32 bits per heavy atom. The van der Waals surface area contributed by atoms with Gasteiger partial charge in [0.2, 0.25) is 0 Å². The van der Waals surface area contributed by atoms with Gasteiger partial charge in [0.25, 0.3) is 0 Å². The quantitative estimate of drug-likeness (QED) is 0.738. The molecule has 1 aliphatic carbocycles. The molecule has 150 valence electrons. The number of imidazole rings is 1. The summed E-state index contributed by atoms with van der Waals surface area (Å²) in [5.74, 6) is 1.60. The van der Waals surface area contributed by atoms with Crippen LogP contribution in [0.2, 0.25) is 0 Å². The number of anilines is 1. The SMILES string of the molecule is CCCC(C1CC1)N1c2nc[nH]c2C(c2cc(F)c(OC)cc2C)=CN1CC. The fourth-order valence-electron chi connectivity index (χ4n) is 4.29. The minimum Gasteiger partial charge on any atom is -0.494 e. The van der Waals surface area contributed by atoms with Crippen LogP contribution in [-0.4, -0.2) is 34.7 Å². The lowest BCUT2D eigenvalue weighted by Gasteiger charge is -2.43. The Hall–Kier alpha value is -2.50. The number of hydrogen-bond acceptors (Lipinski definition) is 4. The van der Waals surface area contributed by atoms with Crippen LogP contribution in [0, 0.1) is 18.7 Å². The van der Waals surface area contributed by atoms with E-state index in [2.05, 4.69) is 40.0 Å². The minimum atomic E-state index is -0.350. The number of benzene rings is 1. The molecule has 0 amide bonds. The number of aryl methyl sites for hydroxylation is 1. The summed E-state index contributed by atoms with van der Waals surface area (Å²) in [6.45, 7) is 7.21. The number of ether oxygens (including phenoxy) is 1. The first-order chi connectivity index (χ1) is 13.6. The Morgan fingerprint density at radius 3 is 2.75 bits per heavy atom. The van der Waals surface area contributed by atoms with E-state index in [1.54, 1.807) is 18.5 Å². The van der Waals surface area contributed by atoms with Crippen LogP contribution in [0.5, 0.6) is 5.75 Å². The average Bonchev–Trinajstić information content (AvgIpc) is 3.42. The summed E-state index contributed by atoms with van der Waals surface area (Å²) in [6.07, 6.45) is 8.76. The Kier molecular flexibility index (Phi) is 5.04. The number of aromatic nitrogens is 2. The van der Waals surface area contributed by atoms with Crippen LogP contribution in [0.3, 0.4) is 0 Å². The molecule has 2 aliphatic rings. The molecule has 0 bridgehead atoms. The van der Waals surface area contributed by atoms with Crippen molar-refractivity contribution in [3.8, 4) is 5.75 Å². The molecule has 4 rings (SSSR count). The lowest BCUT2D eigenvalue weighted by Crippen LogP contribution is -2.49. The maximum absolute atomic E-state index is 14.5. The van der Waals surface area contributed by atoms with Gasteiger partial charge in [0.1, 0.15) is 0 Å². The molecule has 5 nitrogen and oxygen atoms in total. The monoisotopic (exact) mass is 384 g/mol. The summed E-state index contributed by atoms with van der Waals surface area (Å²) < 4.78 is 19.6. The fourth-order valence-corrected chi connectivity index (χ4v) is 4.29. The number of nitrogens with zero attached hydrogens (tertiary/aromatic N) is 3. The summed E-state index contributed by atoms with van der Waals surface area (Å²) in [6, 6.07) is 3.78. The summed E-state index contributed by atoms with van der Waals surface area (Å²) in [7, 11) is 1.49. The van der Waals surface area contributed by atoms with Crippen molar-refractivity contribution in [1.29, 1.82) is 0 Å². The second-order valence-electron chi connectivity index (χ2n) is 7.74. The van der Waals surface area contributed by atoms with Crippen molar-refractivity contribution in [1.82, 2.24) is 15.0 Å². The highest BCUT2D eigenvalue weighted by atomic mass is 19.1. The third kappa shape index (κ3) is 3.15. The molecule has 1 N–H and O–H groups in total. The minimum absolute atomic E-state index is 0.271. The Labute approximate surface area is 166 Å². The van der Waals surface area contributed by atoms with Gasteiger partial charge in [0, 0.05) is 18.3 Å². The van der Waals surface area contributed by atoms with Gasteiger partial charge in [0.15, 0.2) is 17.4 Å². The van der Waals surface area contributed by atoms with Crippen LogP contribution in [-0.2, 0) is 0 Å². The van der Waals surface area contributed by atoms with Crippen molar-refractivity contribution < 1.29 is 9.13 Å². The third-order valence-electron chi connectivity index (χ3n) is 5.84. The van der Waals surface area contributed by atoms with E-state index in [1.807, 2.05) is 6.92 Å². The zero-order chi connectivity index (χ0) is 19.8. The van der Waals surface area contributed by atoms with Crippen molar-refractivity contribution in [3.05, 3.63) is 47.3 Å². The molecule has 1 aromatic carbocycles. The highest BCUT2D eigenvalue weighted by Gasteiger charge is 2.40. The van der Waals surface area contributed by atoms with Gasteiger partial charge < -0.3 is 9.72 Å². The van der Waals surface area contributed by atoms with Gasteiger partial charge in [0.05, 0.1) is 25.2 Å². The molecule has 0 spiro atoms. The maximum Gasteiger partial charge on any atom is 0.173 e. The zero-order valence-corrected chi connectivity index (χ0v) is 17.1. The molecule has 2 aromatic rings. The van der Waals surface area contributed by atoms with E-state index >= 15 is 0 Å². The van der Waals surface area contributed by atoms with Crippen molar-refractivity contribution in [3.63, 3.8) is 0 Å². The van der Waals surface area contributed by atoms with E-state index in [4.69, 9.17) is 4.74 Å². The molecule has 28 heavy (non-hydrogen) atoms. The lowest BCUT2D eigenvalue weighted by molar-refractivity contribution is 0.285. The molecule has 1 aliphatic heterocycles. The first kappa shape index (κ1) is 18.8. The van der Waals surface area contributed by atoms with Crippen LogP contribution in [0.25, 0.3) is 5.57 Å². The predicted molar refractivity (Wildman–Crippen MR) is 110 cm³/mol. The molecule has 6 heteroatoms. The zero-order valence-electron chi connectivity index (χ0n) is 17.1. The molecule has 1 fully saturated rings. The first-order valence-corrected chi connectivity index (χ1v) is 10.2. The van der Waals surface area contributed by atoms with E-state index < -0.39 is 0 Å². The second kappa shape index (κ2) is 7.49. The number of halogens is 1. The molecule has 2 heterocycles. The van der Waals surface area contributed by atoms with Gasteiger partial charge in [-0.15, -0.1) is 0 Å². The van der Waals surface area contributed by atoms with Gasteiger partial charge in [-0.3, -0.25) is 10.0 Å². The topological polar surface area (TPSA) is 44.4 Å². The van der Waals surface area contributed by atoms with Crippen molar-refractivity contribution in [2.24, 2.45) is 5.92 Å². The van der Waals surface area contributed by atoms with Crippen molar-refractivity contribution in [2.45, 2.75) is 52.5 Å². The van der Waals surface area contributed by atoms with Crippen LogP contribution >= 0.6 is 0 Å². The molecular formula is C22H29FN4O. The smallest absolute Gasteiger partial charge is 0.173 e. The standard InChI is InChI=1S/C22H29FN4O/c1-5-7-19(15-8-9-15)27-22-21(24-13-25-22)17(12-26(27)6-2)16-11-18(23)20(28-4)10-14(16)3/h10-13,15,19H,5-9H2,1-4H3,(H,24,25). The number of rotatable bonds is 7. The Balaban J connectivity index is 1.80. The second-order valence-corrected chi connectivity index (χ2v) is 7.74. The maximum atomic E-state index is 14.5. The van der Waals surface area contributed by atoms with Crippen molar-refractivity contribution >= 4 is 11.4 Å². The van der Waals surface area contributed by atoms with Gasteiger partial charge >= 0.3 is 0 Å². The van der Waals surface area contributed by atoms with Gasteiger partial charge in [-0.05, 0) is 62.3 Å². The number of H-pyrrole nitrogens is 1. The van der Waals surface area contributed by atoms with Gasteiger partial charge in [-0.1, -0.05) is 13.3 Å². The van der Waals surface area contributed by atoms with E-state index in [-0.39, 0.29) is 11.6 Å². The summed E-state index contributed by atoms with van der Waals surface area (Å²) in [5, 5.41) is 4.62. The lowest BCUT2D eigenvalue weighted by atomic mass is 9.96. The van der Waals surface area contributed by atoms with Crippen LogP contribution < -0.4 is 9.75 Å².